The second-order valence-electron chi connectivity index (χ2n) is 4.37. The fourth-order valence-corrected chi connectivity index (χ4v) is 7.67. The zero-order valence-electron chi connectivity index (χ0n) is 10.4. The molecule has 2 N–H and O–H groups in total. The van der Waals surface area contributed by atoms with Crippen LogP contribution < -0.4 is 10.6 Å². The Morgan fingerprint density at radius 2 is 1.15 bits per heavy atom. The van der Waals surface area contributed by atoms with Gasteiger partial charge in [-0.3, -0.25) is 0 Å². The van der Waals surface area contributed by atoms with Crippen LogP contribution in [0.25, 0.3) is 0 Å². The lowest BCUT2D eigenvalue weighted by molar-refractivity contribution is 1.39. The fraction of sp³-hybridized carbons (Fsp3) is 0.143. The molecule has 0 aromatic heterocycles. The van der Waals surface area contributed by atoms with Crippen molar-refractivity contribution in [1.82, 2.24) is 0 Å². The molecule has 4 rings (SSSR count). The number of thioether (sulfide) groups is 2. The number of rotatable bonds is 3. The molecule has 0 spiro atoms. The number of anilines is 2. The van der Waals surface area contributed by atoms with E-state index in [4.69, 9.17) is 0 Å². The maximum absolute atomic E-state index is 3.55. The second-order valence-corrected chi connectivity index (χ2v) is 9.75. The summed E-state index contributed by atoms with van der Waals surface area (Å²) in [5, 5.41) is 7.10. The molecule has 0 bridgehead atoms. The highest BCUT2D eigenvalue weighted by atomic mass is 33.1. The van der Waals surface area contributed by atoms with Crippen LogP contribution in [0.3, 0.4) is 0 Å². The average molecular weight is 337 g/mol. The predicted molar refractivity (Wildman–Crippen MR) is 94.6 cm³/mol. The van der Waals surface area contributed by atoms with Gasteiger partial charge < -0.3 is 10.6 Å². The minimum atomic E-state index is 0.392. The monoisotopic (exact) mass is 336 g/mol. The van der Waals surface area contributed by atoms with Crippen LogP contribution in [0, 0.1) is 0 Å². The minimum absolute atomic E-state index is 0.392. The van der Waals surface area contributed by atoms with Gasteiger partial charge in [0.2, 0.25) is 0 Å². The molecule has 2 atom stereocenters. The zero-order valence-corrected chi connectivity index (χ0v) is 13.7. The first-order chi connectivity index (χ1) is 9.88. The normalized spacial score (nSPS) is 22.8. The van der Waals surface area contributed by atoms with Crippen LogP contribution in [0.4, 0.5) is 11.4 Å². The van der Waals surface area contributed by atoms with Crippen LogP contribution in [0.5, 0.6) is 0 Å². The van der Waals surface area contributed by atoms with E-state index in [1.807, 2.05) is 45.1 Å². The third-order valence-corrected chi connectivity index (χ3v) is 8.97. The summed E-state index contributed by atoms with van der Waals surface area (Å²) in [4.78, 5) is 2.70. The number of nitrogens with one attached hydrogen (secondary N) is 2. The SMILES string of the molecule is c1ccc2c(c1)NC(SSC1Nc3ccccc3S1)S2. The molecule has 0 aliphatic carbocycles. The van der Waals surface area contributed by atoms with Crippen molar-refractivity contribution in [3.8, 4) is 0 Å². The summed E-state index contributed by atoms with van der Waals surface area (Å²) >= 11 is 3.79. The number of hydrogen-bond acceptors (Lipinski definition) is 6. The topological polar surface area (TPSA) is 24.1 Å². The fourth-order valence-electron chi connectivity index (χ4n) is 2.11. The van der Waals surface area contributed by atoms with E-state index in [-0.39, 0.29) is 0 Å². The third-order valence-electron chi connectivity index (χ3n) is 3.02. The first-order valence-corrected chi connectivity index (χ1v) is 10.3. The number of hydrogen-bond donors (Lipinski definition) is 2. The van der Waals surface area contributed by atoms with Gasteiger partial charge in [0.1, 0.15) is 9.41 Å². The van der Waals surface area contributed by atoms with E-state index in [1.54, 1.807) is 0 Å². The first-order valence-electron chi connectivity index (χ1n) is 6.25. The molecule has 0 amide bonds. The van der Waals surface area contributed by atoms with Crippen molar-refractivity contribution in [3.63, 3.8) is 0 Å². The van der Waals surface area contributed by atoms with E-state index in [9.17, 15) is 0 Å². The van der Waals surface area contributed by atoms with Crippen molar-refractivity contribution in [3.05, 3.63) is 48.5 Å². The van der Waals surface area contributed by atoms with Crippen molar-refractivity contribution in [2.45, 2.75) is 19.2 Å². The highest BCUT2D eigenvalue weighted by molar-refractivity contribution is 8.80. The Morgan fingerprint density at radius 1 is 0.700 bits per heavy atom. The van der Waals surface area contributed by atoms with E-state index in [0.29, 0.717) is 9.41 Å². The first kappa shape index (κ1) is 13.1. The molecule has 20 heavy (non-hydrogen) atoms. The highest BCUT2D eigenvalue weighted by Gasteiger charge is 2.26. The van der Waals surface area contributed by atoms with Gasteiger partial charge in [-0.1, -0.05) is 69.4 Å². The van der Waals surface area contributed by atoms with Gasteiger partial charge in [-0.15, -0.1) is 0 Å². The van der Waals surface area contributed by atoms with Crippen LogP contribution in [-0.4, -0.2) is 9.41 Å². The molecule has 0 saturated carbocycles. The van der Waals surface area contributed by atoms with Crippen LogP contribution in [-0.2, 0) is 0 Å². The summed E-state index contributed by atoms with van der Waals surface area (Å²) in [5.41, 5.74) is 2.51. The quantitative estimate of drug-likeness (QED) is 0.731. The maximum Gasteiger partial charge on any atom is 0.134 e. The van der Waals surface area contributed by atoms with E-state index in [1.165, 1.54) is 21.2 Å². The maximum atomic E-state index is 3.55. The largest absolute Gasteiger partial charge is 0.363 e. The Kier molecular flexibility index (Phi) is 3.72. The van der Waals surface area contributed by atoms with Gasteiger partial charge in [0, 0.05) is 21.2 Å². The Labute approximate surface area is 134 Å². The van der Waals surface area contributed by atoms with Crippen LogP contribution in [0.2, 0.25) is 0 Å². The summed E-state index contributed by atoms with van der Waals surface area (Å²) < 4.78 is 0.784. The van der Waals surface area contributed by atoms with Gasteiger partial charge >= 0.3 is 0 Å². The lowest BCUT2D eigenvalue weighted by Crippen LogP contribution is -2.07. The summed E-state index contributed by atoms with van der Waals surface area (Å²) in [6.07, 6.45) is 0. The molecule has 102 valence electrons. The van der Waals surface area contributed by atoms with Gasteiger partial charge in [0.15, 0.2) is 0 Å². The molecule has 2 aliphatic heterocycles. The van der Waals surface area contributed by atoms with Crippen LogP contribution in [0.1, 0.15) is 0 Å². The van der Waals surface area contributed by atoms with Crippen molar-refractivity contribution in [1.29, 1.82) is 0 Å². The zero-order chi connectivity index (χ0) is 13.4. The van der Waals surface area contributed by atoms with Crippen molar-refractivity contribution in [2.75, 3.05) is 10.6 Å². The third kappa shape index (κ3) is 2.62. The smallest absolute Gasteiger partial charge is 0.134 e. The molecule has 0 fully saturated rings. The molecule has 2 aromatic carbocycles. The van der Waals surface area contributed by atoms with E-state index >= 15 is 0 Å². The number of para-hydroxylation sites is 2. The summed E-state index contributed by atoms with van der Waals surface area (Å²) in [7, 11) is 3.79. The molecule has 2 nitrogen and oxygen atoms in total. The van der Waals surface area contributed by atoms with E-state index in [2.05, 4.69) is 59.2 Å². The molecule has 6 heteroatoms. The van der Waals surface area contributed by atoms with Gasteiger partial charge in [-0.25, -0.2) is 0 Å². The average Bonchev–Trinajstić information content (AvgIpc) is 3.07. The Hall–Kier alpha value is -0.560. The number of benzene rings is 2. The van der Waals surface area contributed by atoms with Gasteiger partial charge in [-0.2, -0.15) is 0 Å². The van der Waals surface area contributed by atoms with E-state index < -0.39 is 0 Å². The molecular formula is C14H12N2S4. The minimum Gasteiger partial charge on any atom is -0.363 e. The Bertz CT molecular complexity index is 529. The standard InChI is InChI=1S/C14H12N2S4/c1-3-7-11-9(5-1)15-13(17-11)19-20-14-16-10-6-2-4-8-12(10)18-14/h1-8,13-16H. The molecule has 2 heterocycles. The molecule has 2 aliphatic rings. The summed E-state index contributed by atoms with van der Waals surface area (Å²) in [6.45, 7) is 0. The van der Waals surface area contributed by atoms with Crippen molar-refractivity contribution >= 4 is 56.5 Å². The molecule has 0 saturated heterocycles. The number of fused-ring (bicyclic) bond motifs is 2. The molecular weight excluding hydrogens is 324 g/mol. The van der Waals surface area contributed by atoms with Crippen molar-refractivity contribution in [2.24, 2.45) is 0 Å². The predicted octanol–water partition coefficient (Wildman–Crippen LogP) is 5.37. The lowest BCUT2D eigenvalue weighted by Gasteiger charge is -2.13. The Balaban J connectivity index is 1.33. The van der Waals surface area contributed by atoms with Gasteiger partial charge in [-0.05, 0) is 24.3 Å². The van der Waals surface area contributed by atoms with Crippen LogP contribution >= 0.6 is 45.1 Å². The molecule has 2 unspecified atom stereocenters. The highest BCUT2D eigenvalue weighted by Crippen LogP contribution is 2.51. The summed E-state index contributed by atoms with van der Waals surface area (Å²) in [6, 6.07) is 17.0. The van der Waals surface area contributed by atoms with Crippen LogP contribution in [0.15, 0.2) is 58.3 Å². The van der Waals surface area contributed by atoms with Crippen molar-refractivity contribution < 1.29 is 0 Å². The Morgan fingerprint density at radius 3 is 1.60 bits per heavy atom. The van der Waals surface area contributed by atoms with E-state index in [0.717, 1.165) is 0 Å². The lowest BCUT2D eigenvalue weighted by atomic mass is 10.3. The summed E-state index contributed by atoms with van der Waals surface area (Å²) in [5.74, 6) is 0. The van der Waals surface area contributed by atoms with Gasteiger partial charge in [0.05, 0.1) is 0 Å². The molecule has 2 aromatic rings. The second kappa shape index (κ2) is 5.67. The van der Waals surface area contributed by atoms with Gasteiger partial charge in [0.25, 0.3) is 0 Å². The molecule has 0 radical (unpaired) electrons.